The van der Waals surface area contributed by atoms with Crippen molar-refractivity contribution in [2.45, 2.75) is 32.4 Å². The monoisotopic (exact) mass is 378 g/mol. The average Bonchev–Trinajstić information content (AvgIpc) is 2.96. The summed E-state index contributed by atoms with van der Waals surface area (Å²) in [6.07, 6.45) is 5.72. The second-order valence-electron chi connectivity index (χ2n) is 7.25. The molecular formula is C21H26N6O. The summed E-state index contributed by atoms with van der Waals surface area (Å²) >= 11 is 0. The van der Waals surface area contributed by atoms with Gasteiger partial charge < -0.3 is 10.2 Å². The molecule has 3 heterocycles. The van der Waals surface area contributed by atoms with Gasteiger partial charge in [-0.15, -0.1) is 0 Å². The number of hydrogen-bond acceptors (Lipinski definition) is 5. The van der Waals surface area contributed by atoms with Crippen molar-refractivity contribution in [3.63, 3.8) is 0 Å². The fourth-order valence-electron chi connectivity index (χ4n) is 3.85. The molecule has 146 valence electrons. The van der Waals surface area contributed by atoms with Crippen molar-refractivity contribution in [2.75, 3.05) is 18.0 Å². The van der Waals surface area contributed by atoms with Crippen LogP contribution in [-0.4, -0.2) is 38.5 Å². The Balaban J connectivity index is 1.49. The van der Waals surface area contributed by atoms with E-state index in [9.17, 15) is 4.79 Å². The number of piperidine rings is 1. The van der Waals surface area contributed by atoms with Crippen LogP contribution in [0.4, 0.5) is 5.95 Å². The molecule has 0 radical (unpaired) electrons. The van der Waals surface area contributed by atoms with Gasteiger partial charge in [0.1, 0.15) is 0 Å². The van der Waals surface area contributed by atoms with Gasteiger partial charge in [-0.3, -0.25) is 9.48 Å². The van der Waals surface area contributed by atoms with E-state index in [2.05, 4.69) is 20.2 Å². The number of aromatic nitrogens is 4. The fourth-order valence-corrected chi connectivity index (χ4v) is 3.85. The van der Waals surface area contributed by atoms with Gasteiger partial charge in [0.15, 0.2) is 0 Å². The van der Waals surface area contributed by atoms with Crippen LogP contribution in [0.25, 0.3) is 5.69 Å². The second kappa shape index (κ2) is 7.98. The number of para-hydroxylation sites is 1. The fraction of sp³-hybridized carbons (Fsp3) is 0.381. The van der Waals surface area contributed by atoms with Gasteiger partial charge >= 0.3 is 0 Å². The zero-order valence-electron chi connectivity index (χ0n) is 16.4. The highest BCUT2D eigenvalue weighted by atomic mass is 16.1. The van der Waals surface area contributed by atoms with Gasteiger partial charge in [-0.05, 0) is 38.0 Å². The Bertz CT molecular complexity index is 979. The number of hydrogen-bond donors (Lipinski definition) is 1. The molecule has 0 amide bonds. The molecule has 1 unspecified atom stereocenters. The van der Waals surface area contributed by atoms with Gasteiger partial charge in [0, 0.05) is 50.8 Å². The molecule has 3 aromatic rings. The first-order chi connectivity index (χ1) is 13.6. The van der Waals surface area contributed by atoms with Crippen LogP contribution >= 0.6 is 0 Å². The molecule has 1 aromatic carbocycles. The zero-order chi connectivity index (χ0) is 19.5. The molecule has 0 bridgehead atoms. The Morgan fingerprint density at radius 2 is 1.89 bits per heavy atom. The molecule has 1 N–H and O–H groups in total. The molecular weight excluding hydrogens is 352 g/mol. The van der Waals surface area contributed by atoms with E-state index in [4.69, 9.17) is 0 Å². The smallest absolute Gasteiger partial charge is 0.276 e. The Kier molecular flexibility index (Phi) is 5.25. The van der Waals surface area contributed by atoms with Crippen LogP contribution in [-0.2, 0) is 13.6 Å². The number of anilines is 1. The highest BCUT2D eigenvalue weighted by molar-refractivity contribution is 5.33. The minimum Gasteiger partial charge on any atom is -0.339 e. The van der Waals surface area contributed by atoms with Gasteiger partial charge in [0.05, 0.1) is 11.3 Å². The normalized spacial score (nSPS) is 17.1. The molecule has 28 heavy (non-hydrogen) atoms. The zero-order valence-corrected chi connectivity index (χ0v) is 16.4. The standard InChI is InChI=1S/C21H26N6O/c1-16-19(20(28)27(25(16)2)18-9-4-3-5-10-18)14-24-17-8-6-13-26(15-17)21-22-11-7-12-23-21/h3-5,7,9-12,17,24H,6,8,13-15H2,1-2H3. The van der Waals surface area contributed by atoms with E-state index in [1.807, 2.05) is 55.1 Å². The topological polar surface area (TPSA) is 68.0 Å². The second-order valence-corrected chi connectivity index (χ2v) is 7.25. The largest absolute Gasteiger partial charge is 0.339 e. The van der Waals surface area contributed by atoms with Gasteiger partial charge in [0.25, 0.3) is 5.56 Å². The summed E-state index contributed by atoms with van der Waals surface area (Å²) in [6, 6.07) is 11.9. The Morgan fingerprint density at radius 3 is 2.64 bits per heavy atom. The summed E-state index contributed by atoms with van der Waals surface area (Å²) in [7, 11) is 1.93. The van der Waals surface area contributed by atoms with Gasteiger partial charge in [-0.1, -0.05) is 18.2 Å². The Hall–Kier alpha value is -2.93. The molecule has 4 rings (SSSR count). The highest BCUT2D eigenvalue weighted by Crippen LogP contribution is 2.16. The van der Waals surface area contributed by atoms with Crippen molar-refractivity contribution >= 4 is 5.95 Å². The first kappa shape index (κ1) is 18.4. The van der Waals surface area contributed by atoms with Crippen LogP contribution < -0.4 is 15.8 Å². The van der Waals surface area contributed by atoms with Crippen molar-refractivity contribution in [3.05, 3.63) is 70.4 Å². The summed E-state index contributed by atoms with van der Waals surface area (Å²) < 4.78 is 3.66. The van der Waals surface area contributed by atoms with E-state index >= 15 is 0 Å². The van der Waals surface area contributed by atoms with E-state index in [0.29, 0.717) is 12.6 Å². The summed E-state index contributed by atoms with van der Waals surface area (Å²) in [5.74, 6) is 0.774. The average molecular weight is 378 g/mol. The van der Waals surface area contributed by atoms with Crippen LogP contribution in [0.5, 0.6) is 0 Å². The lowest BCUT2D eigenvalue weighted by Crippen LogP contribution is -2.46. The van der Waals surface area contributed by atoms with E-state index in [0.717, 1.165) is 48.8 Å². The minimum absolute atomic E-state index is 0.0396. The van der Waals surface area contributed by atoms with Crippen LogP contribution in [0.1, 0.15) is 24.1 Å². The maximum absolute atomic E-state index is 13.0. The lowest BCUT2D eigenvalue weighted by Gasteiger charge is -2.33. The number of rotatable bonds is 5. The molecule has 1 fully saturated rings. The molecule has 1 saturated heterocycles. The van der Waals surface area contributed by atoms with E-state index in [1.165, 1.54) is 0 Å². The van der Waals surface area contributed by atoms with Gasteiger partial charge in [0.2, 0.25) is 5.95 Å². The van der Waals surface area contributed by atoms with Crippen molar-refractivity contribution in [2.24, 2.45) is 7.05 Å². The van der Waals surface area contributed by atoms with Crippen molar-refractivity contribution in [3.8, 4) is 5.69 Å². The molecule has 1 atom stereocenters. The summed E-state index contributed by atoms with van der Waals surface area (Å²) in [5, 5.41) is 3.59. The SMILES string of the molecule is Cc1c(CNC2CCCN(c3ncccn3)C2)c(=O)n(-c2ccccc2)n1C. The van der Waals surface area contributed by atoms with E-state index in [1.54, 1.807) is 17.1 Å². The molecule has 7 heteroatoms. The molecule has 7 nitrogen and oxygen atoms in total. The lowest BCUT2D eigenvalue weighted by atomic mass is 10.1. The summed E-state index contributed by atoms with van der Waals surface area (Å²) in [5.41, 5.74) is 2.73. The molecule has 2 aromatic heterocycles. The maximum atomic E-state index is 13.0. The molecule has 0 saturated carbocycles. The quantitative estimate of drug-likeness (QED) is 0.736. The summed E-state index contributed by atoms with van der Waals surface area (Å²) in [6.45, 7) is 4.38. The lowest BCUT2D eigenvalue weighted by molar-refractivity contribution is 0.417. The molecule has 0 spiro atoms. The number of nitrogens with zero attached hydrogens (tertiary/aromatic N) is 5. The predicted octanol–water partition coefficient (Wildman–Crippen LogP) is 2.03. The maximum Gasteiger partial charge on any atom is 0.276 e. The van der Waals surface area contributed by atoms with Crippen molar-refractivity contribution in [1.29, 1.82) is 0 Å². The van der Waals surface area contributed by atoms with Gasteiger partial charge in [-0.2, -0.15) is 0 Å². The molecule has 0 aliphatic carbocycles. The third-order valence-corrected chi connectivity index (χ3v) is 5.50. The van der Waals surface area contributed by atoms with Crippen LogP contribution in [0.15, 0.2) is 53.6 Å². The highest BCUT2D eigenvalue weighted by Gasteiger charge is 2.23. The van der Waals surface area contributed by atoms with E-state index in [-0.39, 0.29) is 5.56 Å². The Labute approximate surface area is 164 Å². The number of benzene rings is 1. The predicted molar refractivity (Wildman–Crippen MR) is 110 cm³/mol. The van der Waals surface area contributed by atoms with Crippen LogP contribution in [0.2, 0.25) is 0 Å². The van der Waals surface area contributed by atoms with Crippen LogP contribution in [0.3, 0.4) is 0 Å². The molecule has 1 aliphatic rings. The van der Waals surface area contributed by atoms with E-state index < -0.39 is 0 Å². The summed E-state index contributed by atoms with van der Waals surface area (Å²) in [4.78, 5) is 24.0. The first-order valence-electron chi connectivity index (χ1n) is 9.73. The third-order valence-electron chi connectivity index (χ3n) is 5.50. The van der Waals surface area contributed by atoms with Crippen LogP contribution in [0, 0.1) is 6.92 Å². The Morgan fingerprint density at radius 1 is 1.14 bits per heavy atom. The first-order valence-corrected chi connectivity index (χ1v) is 9.73. The third kappa shape index (κ3) is 3.57. The van der Waals surface area contributed by atoms with Gasteiger partial charge in [-0.25, -0.2) is 14.6 Å². The minimum atomic E-state index is 0.0396. The number of nitrogens with one attached hydrogen (secondary N) is 1. The van der Waals surface area contributed by atoms with Crippen molar-refractivity contribution in [1.82, 2.24) is 24.6 Å². The van der Waals surface area contributed by atoms with Crippen molar-refractivity contribution < 1.29 is 0 Å². The molecule has 1 aliphatic heterocycles.